The molecule has 0 fully saturated rings. The standard InChI is InChI=1S/C17H18ClF2N/c1-10-7-15(18)11(2)6-14(10)17(21-3)8-12-4-5-13(19)9-16(12)20/h4-7,9,17,21H,8H2,1-3H3. The van der Waals surface area contributed by atoms with Gasteiger partial charge in [-0.1, -0.05) is 23.7 Å². The number of hydrogen-bond donors (Lipinski definition) is 1. The molecular weight excluding hydrogens is 292 g/mol. The number of hydrogen-bond acceptors (Lipinski definition) is 1. The minimum Gasteiger partial charge on any atom is -0.313 e. The molecule has 21 heavy (non-hydrogen) atoms. The Kier molecular flexibility index (Phi) is 4.96. The number of rotatable bonds is 4. The van der Waals surface area contributed by atoms with Crippen LogP contribution in [-0.2, 0) is 6.42 Å². The summed E-state index contributed by atoms with van der Waals surface area (Å²) < 4.78 is 26.8. The molecule has 1 unspecified atom stereocenters. The summed E-state index contributed by atoms with van der Waals surface area (Å²) in [7, 11) is 1.83. The fourth-order valence-corrected chi connectivity index (χ4v) is 2.67. The number of benzene rings is 2. The minimum absolute atomic E-state index is 0.0547. The average Bonchev–Trinajstić information content (AvgIpc) is 2.43. The second-order valence-electron chi connectivity index (χ2n) is 5.24. The third-order valence-electron chi connectivity index (χ3n) is 3.71. The van der Waals surface area contributed by atoms with Gasteiger partial charge in [-0.05, 0) is 61.7 Å². The molecule has 0 aromatic heterocycles. The van der Waals surface area contributed by atoms with Crippen molar-refractivity contribution in [2.45, 2.75) is 26.3 Å². The second kappa shape index (κ2) is 6.54. The lowest BCUT2D eigenvalue weighted by molar-refractivity contribution is 0.539. The second-order valence-corrected chi connectivity index (χ2v) is 5.65. The molecule has 1 atom stereocenters. The van der Waals surface area contributed by atoms with Crippen molar-refractivity contribution < 1.29 is 8.78 Å². The maximum Gasteiger partial charge on any atom is 0.129 e. The monoisotopic (exact) mass is 309 g/mol. The molecule has 2 aromatic rings. The molecule has 0 aliphatic heterocycles. The third-order valence-corrected chi connectivity index (χ3v) is 4.12. The Hall–Kier alpha value is -1.45. The van der Waals surface area contributed by atoms with Crippen LogP contribution in [0.3, 0.4) is 0 Å². The summed E-state index contributed by atoms with van der Waals surface area (Å²) in [6.45, 7) is 3.92. The van der Waals surface area contributed by atoms with E-state index >= 15 is 0 Å². The Labute approximate surface area is 128 Å². The highest BCUT2D eigenvalue weighted by molar-refractivity contribution is 6.31. The molecule has 112 valence electrons. The van der Waals surface area contributed by atoms with Crippen molar-refractivity contribution in [1.82, 2.24) is 5.32 Å². The average molecular weight is 310 g/mol. The summed E-state index contributed by atoms with van der Waals surface area (Å²) in [5, 5.41) is 3.91. The van der Waals surface area contributed by atoms with Gasteiger partial charge in [0.25, 0.3) is 0 Å². The highest BCUT2D eigenvalue weighted by atomic mass is 35.5. The summed E-state index contributed by atoms with van der Waals surface area (Å²) in [6.07, 6.45) is 0.449. The largest absolute Gasteiger partial charge is 0.313 e. The predicted molar refractivity (Wildman–Crippen MR) is 82.8 cm³/mol. The van der Waals surface area contributed by atoms with E-state index in [4.69, 9.17) is 11.6 Å². The maximum absolute atomic E-state index is 13.8. The van der Waals surface area contributed by atoms with Crippen LogP contribution in [0.2, 0.25) is 5.02 Å². The maximum atomic E-state index is 13.8. The van der Waals surface area contributed by atoms with Crippen LogP contribution in [0.4, 0.5) is 8.78 Å². The molecule has 0 radical (unpaired) electrons. The van der Waals surface area contributed by atoms with Gasteiger partial charge in [-0.15, -0.1) is 0 Å². The van der Waals surface area contributed by atoms with Crippen LogP contribution in [0, 0.1) is 25.5 Å². The lowest BCUT2D eigenvalue weighted by Gasteiger charge is -2.20. The van der Waals surface area contributed by atoms with Gasteiger partial charge in [0.1, 0.15) is 11.6 Å². The molecule has 2 rings (SSSR count). The van der Waals surface area contributed by atoms with E-state index in [2.05, 4.69) is 5.32 Å². The van der Waals surface area contributed by atoms with E-state index in [1.54, 1.807) is 0 Å². The molecule has 0 heterocycles. The van der Waals surface area contributed by atoms with Gasteiger partial charge in [0.15, 0.2) is 0 Å². The summed E-state index contributed by atoms with van der Waals surface area (Å²) >= 11 is 6.11. The van der Waals surface area contributed by atoms with Crippen LogP contribution in [0.1, 0.15) is 28.3 Å². The first-order valence-electron chi connectivity index (χ1n) is 6.80. The zero-order valence-corrected chi connectivity index (χ0v) is 13.1. The molecule has 4 heteroatoms. The van der Waals surface area contributed by atoms with Gasteiger partial charge in [-0.3, -0.25) is 0 Å². The zero-order valence-electron chi connectivity index (χ0n) is 12.3. The summed E-state index contributed by atoms with van der Waals surface area (Å²) in [5.74, 6) is -1.07. The minimum atomic E-state index is -0.559. The smallest absolute Gasteiger partial charge is 0.129 e. The van der Waals surface area contributed by atoms with Crippen LogP contribution in [0.15, 0.2) is 30.3 Å². The zero-order chi connectivity index (χ0) is 15.6. The van der Waals surface area contributed by atoms with E-state index < -0.39 is 11.6 Å². The van der Waals surface area contributed by atoms with Crippen LogP contribution in [0.25, 0.3) is 0 Å². The van der Waals surface area contributed by atoms with E-state index in [0.717, 1.165) is 27.8 Å². The summed E-state index contributed by atoms with van der Waals surface area (Å²) in [4.78, 5) is 0. The fraction of sp³-hybridized carbons (Fsp3) is 0.294. The van der Waals surface area contributed by atoms with Crippen molar-refractivity contribution in [3.63, 3.8) is 0 Å². The molecular formula is C17H18ClF2N. The lowest BCUT2D eigenvalue weighted by Crippen LogP contribution is -2.20. The number of halogens is 3. The van der Waals surface area contributed by atoms with Crippen LogP contribution >= 0.6 is 11.6 Å². The summed E-state index contributed by atoms with van der Waals surface area (Å²) in [6, 6.07) is 7.57. The molecule has 1 N–H and O–H groups in total. The molecule has 0 aliphatic rings. The topological polar surface area (TPSA) is 12.0 Å². The normalized spacial score (nSPS) is 12.5. The van der Waals surface area contributed by atoms with Crippen molar-refractivity contribution in [1.29, 1.82) is 0 Å². The first-order valence-corrected chi connectivity index (χ1v) is 7.18. The number of likely N-dealkylation sites (N-methyl/N-ethyl adjacent to an activating group) is 1. The molecule has 0 saturated carbocycles. The Morgan fingerprint density at radius 2 is 1.81 bits per heavy atom. The van der Waals surface area contributed by atoms with Gasteiger partial charge in [0.05, 0.1) is 0 Å². The first-order chi connectivity index (χ1) is 9.92. The molecule has 0 amide bonds. The quantitative estimate of drug-likeness (QED) is 0.860. The highest BCUT2D eigenvalue weighted by Gasteiger charge is 2.16. The van der Waals surface area contributed by atoms with Gasteiger partial charge >= 0.3 is 0 Å². The number of nitrogens with one attached hydrogen (secondary N) is 1. The van der Waals surface area contributed by atoms with E-state index in [-0.39, 0.29) is 6.04 Å². The fourth-order valence-electron chi connectivity index (χ4n) is 2.45. The highest BCUT2D eigenvalue weighted by Crippen LogP contribution is 2.27. The summed E-state index contributed by atoms with van der Waals surface area (Å²) in [5.41, 5.74) is 3.59. The molecule has 2 aromatic carbocycles. The van der Waals surface area contributed by atoms with Gasteiger partial charge in [0, 0.05) is 17.1 Å². The third kappa shape index (κ3) is 3.60. The molecule has 0 saturated heterocycles. The van der Waals surface area contributed by atoms with Crippen molar-refractivity contribution >= 4 is 11.6 Å². The van der Waals surface area contributed by atoms with Gasteiger partial charge in [0.2, 0.25) is 0 Å². The van der Waals surface area contributed by atoms with E-state index in [0.29, 0.717) is 12.0 Å². The Bertz CT molecular complexity index is 655. The van der Waals surface area contributed by atoms with E-state index in [1.807, 2.05) is 33.0 Å². The van der Waals surface area contributed by atoms with Crippen LogP contribution < -0.4 is 5.32 Å². The van der Waals surface area contributed by atoms with Crippen molar-refractivity contribution in [2.24, 2.45) is 0 Å². The molecule has 1 nitrogen and oxygen atoms in total. The van der Waals surface area contributed by atoms with Gasteiger partial charge in [-0.2, -0.15) is 0 Å². The molecule has 0 spiro atoms. The predicted octanol–water partition coefficient (Wildman–Crippen LogP) is 4.74. The number of aryl methyl sites for hydroxylation is 2. The van der Waals surface area contributed by atoms with Gasteiger partial charge < -0.3 is 5.32 Å². The van der Waals surface area contributed by atoms with Crippen molar-refractivity contribution in [2.75, 3.05) is 7.05 Å². The van der Waals surface area contributed by atoms with E-state index in [9.17, 15) is 8.78 Å². The molecule has 0 bridgehead atoms. The Morgan fingerprint density at radius 3 is 2.43 bits per heavy atom. The van der Waals surface area contributed by atoms with Gasteiger partial charge in [-0.25, -0.2) is 8.78 Å². The van der Waals surface area contributed by atoms with E-state index in [1.165, 1.54) is 12.1 Å². The SMILES string of the molecule is CNC(Cc1ccc(F)cc1F)c1cc(C)c(Cl)cc1C. The van der Waals surface area contributed by atoms with Crippen molar-refractivity contribution in [3.8, 4) is 0 Å². The Morgan fingerprint density at radius 1 is 1.10 bits per heavy atom. The Balaban J connectivity index is 2.34. The van der Waals surface area contributed by atoms with Crippen molar-refractivity contribution in [3.05, 3.63) is 69.2 Å². The molecule has 0 aliphatic carbocycles. The van der Waals surface area contributed by atoms with Crippen LogP contribution in [-0.4, -0.2) is 7.05 Å². The first kappa shape index (κ1) is 15.9. The lowest BCUT2D eigenvalue weighted by atomic mass is 9.94. The van der Waals surface area contributed by atoms with Crippen LogP contribution in [0.5, 0.6) is 0 Å².